The minimum absolute atomic E-state index is 0.258. The first-order valence-electron chi connectivity index (χ1n) is 6.92. The van der Waals surface area contributed by atoms with Gasteiger partial charge in [-0.25, -0.2) is 14.2 Å². The molecule has 0 unspecified atom stereocenters. The molecule has 4 nitrogen and oxygen atoms in total. The monoisotopic (exact) mass is 287 g/mol. The highest BCUT2D eigenvalue weighted by Crippen LogP contribution is 2.05. The van der Waals surface area contributed by atoms with Gasteiger partial charge in [-0.15, -0.1) is 0 Å². The molecule has 0 saturated carbocycles. The smallest absolute Gasteiger partial charge is 0.320 e. The van der Waals surface area contributed by atoms with Crippen molar-refractivity contribution < 1.29 is 9.18 Å². The van der Waals surface area contributed by atoms with Crippen LogP contribution in [0.5, 0.6) is 0 Å². The zero-order chi connectivity index (χ0) is 15.1. The van der Waals surface area contributed by atoms with Gasteiger partial charge in [0.1, 0.15) is 11.6 Å². The summed E-state index contributed by atoms with van der Waals surface area (Å²) in [6.07, 6.45) is 1.47. The highest BCUT2D eigenvalue weighted by Gasteiger charge is 2.03. The number of hydrogen-bond acceptors (Lipinski definition) is 2. The van der Waals surface area contributed by atoms with Gasteiger partial charge in [0.2, 0.25) is 0 Å². The molecule has 2 rings (SSSR count). The molecule has 110 valence electrons. The molecule has 0 aliphatic rings. The van der Waals surface area contributed by atoms with E-state index in [1.807, 2.05) is 19.1 Å². The maximum Gasteiger partial charge on any atom is 0.320 e. The SMILES string of the molecule is CCc1cccc(NC(=O)NCCc2ccc(F)cc2)n1. The molecule has 5 heteroatoms. The molecule has 0 spiro atoms. The summed E-state index contributed by atoms with van der Waals surface area (Å²) in [7, 11) is 0. The summed E-state index contributed by atoms with van der Waals surface area (Å²) >= 11 is 0. The van der Waals surface area contributed by atoms with Crippen LogP contribution in [0.3, 0.4) is 0 Å². The van der Waals surface area contributed by atoms with Crippen LogP contribution in [0.15, 0.2) is 42.5 Å². The number of halogens is 1. The summed E-state index contributed by atoms with van der Waals surface area (Å²) in [5, 5.41) is 5.44. The van der Waals surface area contributed by atoms with Crippen molar-refractivity contribution in [3.8, 4) is 0 Å². The zero-order valence-electron chi connectivity index (χ0n) is 11.9. The Kier molecular flexibility index (Phi) is 5.26. The number of hydrogen-bond donors (Lipinski definition) is 2. The first-order valence-corrected chi connectivity index (χ1v) is 6.92. The minimum Gasteiger partial charge on any atom is -0.337 e. The Morgan fingerprint density at radius 2 is 1.95 bits per heavy atom. The van der Waals surface area contributed by atoms with E-state index in [-0.39, 0.29) is 11.8 Å². The number of amides is 2. The second-order valence-corrected chi connectivity index (χ2v) is 4.63. The van der Waals surface area contributed by atoms with Crippen LogP contribution in [0.1, 0.15) is 18.2 Å². The van der Waals surface area contributed by atoms with E-state index in [9.17, 15) is 9.18 Å². The molecule has 2 aromatic rings. The van der Waals surface area contributed by atoms with Gasteiger partial charge in [-0.05, 0) is 42.7 Å². The number of carbonyl (C=O) groups is 1. The van der Waals surface area contributed by atoms with E-state index in [2.05, 4.69) is 15.6 Å². The second-order valence-electron chi connectivity index (χ2n) is 4.63. The Bertz CT molecular complexity index is 599. The molecule has 0 radical (unpaired) electrons. The maximum absolute atomic E-state index is 12.8. The molecule has 21 heavy (non-hydrogen) atoms. The summed E-state index contributed by atoms with van der Waals surface area (Å²) in [4.78, 5) is 16.0. The van der Waals surface area contributed by atoms with Crippen LogP contribution in [0, 0.1) is 5.82 Å². The number of carbonyl (C=O) groups excluding carboxylic acids is 1. The van der Waals surface area contributed by atoms with E-state index in [4.69, 9.17) is 0 Å². The normalized spacial score (nSPS) is 10.2. The van der Waals surface area contributed by atoms with Gasteiger partial charge in [0, 0.05) is 12.2 Å². The lowest BCUT2D eigenvalue weighted by Gasteiger charge is -2.08. The van der Waals surface area contributed by atoms with Crippen LogP contribution in [0.2, 0.25) is 0 Å². The van der Waals surface area contributed by atoms with Crippen LogP contribution in [-0.2, 0) is 12.8 Å². The molecule has 0 saturated heterocycles. The Balaban J connectivity index is 1.78. The van der Waals surface area contributed by atoms with E-state index in [0.29, 0.717) is 18.8 Å². The summed E-state index contributed by atoms with van der Waals surface area (Å²) in [5.74, 6) is 0.278. The molecular formula is C16H18FN3O. The van der Waals surface area contributed by atoms with Crippen molar-refractivity contribution in [3.05, 3.63) is 59.5 Å². The number of urea groups is 1. The number of benzene rings is 1. The molecule has 0 aliphatic heterocycles. The van der Waals surface area contributed by atoms with Crippen LogP contribution in [-0.4, -0.2) is 17.6 Å². The highest BCUT2D eigenvalue weighted by molar-refractivity contribution is 5.88. The van der Waals surface area contributed by atoms with E-state index in [0.717, 1.165) is 17.7 Å². The van der Waals surface area contributed by atoms with Crippen LogP contribution in [0.4, 0.5) is 15.0 Å². The number of anilines is 1. The number of rotatable bonds is 5. The van der Waals surface area contributed by atoms with Gasteiger partial charge in [0.15, 0.2) is 0 Å². The molecule has 1 heterocycles. The highest BCUT2D eigenvalue weighted by atomic mass is 19.1. The van der Waals surface area contributed by atoms with Crippen molar-refractivity contribution in [2.45, 2.75) is 19.8 Å². The zero-order valence-corrected chi connectivity index (χ0v) is 11.9. The Morgan fingerprint density at radius 1 is 1.19 bits per heavy atom. The standard InChI is InChI=1S/C16H18FN3O/c1-2-14-4-3-5-15(19-14)20-16(21)18-11-10-12-6-8-13(17)9-7-12/h3-9H,2,10-11H2,1H3,(H2,18,19,20,21). The summed E-state index contributed by atoms with van der Waals surface area (Å²) in [6.45, 7) is 2.49. The Morgan fingerprint density at radius 3 is 2.67 bits per heavy atom. The van der Waals surface area contributed by atoms with E-state index < -0.39 is 0 Å². The van der Waals surface area contributed by atoms with Crippen molar-refractivity contribution in [3.63, 3.8) is 0 Å². The molecule has 0 fully saturated rings. The van der Waals surface area contributed by atoms with Gasteiger partial charge in [-0.1, -0.05) is 25.1 Å². The predicted molar refractivity (Wildman–Crippen MR) is 80.7 cm³/mol. The number of aryl methyl sites for hydroxylation is 1. The second kappa shape index (κ2) is 7.38. The van der Waals surface area contributed by atoms with Gasteiger partial charge in [-0.2, -0.15) is 0 Å². The van der Waals surface area contributed by atoms with Gasteiger partial charge in [-0.3, -0.25) is 5.32 Å². The molecule has 2 amide bonds. The van der Waals surface area contributed by atoms with Crippen LogP contribution in [0.25, 0.3) is 0 Å². The summed E-state index contributed by atoms with van der Waals surface area (Å²) in [5.41, 5.74) is 1.90. The Labute approximate surface area is 123 Å². The fraction of sp³-hybridized carbons (Fsp3) is 0.250. The molecule has 1 aromatic carbocycles. The van der Waals surface area contributed by atoms with E-state index in [1.165, 1.54) is 12.1 Å². The van der Waals surface area contributed by atoms with Crippen molar-refractivity contribution >= 4 is 11.8 Å². The third kappa shape index (κ3) is 4.87. The van der Waals surface area contributed by atoms with E-state index >= 15 is 0 Å². The topological polar surface area (TPSA) is 54.0 Å². The third-order valence-corrected chi connectivity index (χ3v) is 3.02. The first kappa shape index (κ1) is 15.0. The quantitative estimate of drug-likeness (QED) is 0.887. The van der Waals surface area contributed by atoms with Crippen molar-refractivity contribution in [2.24, 2.45) is 0 Å². The van der Waals surface area contributed by atoms with Gasteiger partial charge < -0.3 is 5.32 Å². The number of pyridine rings is 1. The third-order valence-electron chi connectivity index (χ3n) is 3.02. The number of nitrogens with zero attached hydrogens (tertiary/aromatic N) is 1. The van der Waals surface area contributed by atoms with Gasteiger partial charge in [0.05, 0.1) is 0 Å². The molecule has 1 aromatic heterocycles. The van der Waals surface area contributed by atoms with Gasteiger partial charge in [0.25, 0.3) is 0 Å². The average molecular weight is 287 g/mol. The predicted octanol–water partition coefficient (Wildman–Crippen LogP) is 3.15. The fourth-order valence-electron chi connectivity index (χ4n) is 1.88. The summed E-state index contributed by atoms with van der Waals surface area (Å²) < 4.78 is 12.8. The Hall–Kier alpha value is -2.43. The molecule has 0 bridgehead atoms. The number of nitrogens with one attached hydrogen (secondary N) is 2. The van der Waals surface area contributed by atoms with Crippen LogP contribution < -0.4 is 10.6 Å². The number of aromatic nitrogens is 1. The maximum atomic E-state index is 12.8. The fourth-order valence-corrected chi connectivity index (χ4v) is 1.88. The lowest BCUT2D eigenvalue weighted by molar-refractivity contribution is 0.252. The van der Waals surface area contributed by atoms with Crippen molar-refractivity contribution in [2.75, 3.05) is 11.9 Å². The van der Waals surface area contributed by atoms with E-state index in [1.54, 1.807) is 18.2 Å². The van der Waals surface area contributed by atoms with Crippen LogP contribution >= 0.6 is 0 Å². The summed E-state index contributed by atoms with van der Waals surface area (Å²) in [6, 6.07) is 11.5. The average Bonchev–Trinajstić information content (AvgIpc) is 2.49. The lowest BCUT2D eigenvalue weighted by Crippen LogP contribution is -2.30. The molecule has 0 atom stereocenters. The molecule has 0 aliphatic carbocycles. The minimum atomic E-state index is -0.294. The lowest BCUT2D eigenvalue weighted by atomic mass is 10.1. The first-order chi connectivity index (χ1) is 10.2. The largest absolute Gasteiger partial charge is 0.337 e. The van der Waals surface area contributed by atoms with Crippen molar-refractivity contribution in [1.29, 1.82) is 0 Å². The molecule has 2 N–H and O–H groups in total. The van der Waals surface area contributed by atoms with Crippen molar-refractivity contribution in [1.82, 2.24) is 10.3 Å². The molecular weight excluding hydrogens is 269 g/mol. The van der Waals surface area contributed by atoms with Gasteiger partial charge >= 0.3 is 6.03 Å².